The Hall–Kier alpha value is -2.82. The molecule has 0 saturated heterocycles. The molecular weight excluding hydrogens is 340 g/mol. The number of nitrogens with zero attached hydrogens (tertiary/aromatic N) is 1. The molecule has 0 unspecified atom stereocenters. The molecule has 1 atom stereocenters. The summed E-state index contributed by atoms with van der Waals surface area (Å²) in [6, 6.07) is 18.9. The molecule has 2 aromatic rings. The van der Waals surface area contributed by atoms with Crippen molar-refractivity contribution >= 4 is 12.0 Å². The van der Waals surface area contributed by atoms with Crippen LogP contribution in [0, 0.1) is 0 Å². The Morgan fingerprint density at radius 2 is 1.37 bits per heavy atom. The zero-order valence-corrected chi connectivity index (χ0v) is 16.4. The lowest BCUT2D eigenvalue weighted by atomic mass is 10.1. The van der Waals surface area contributed by atoms with Crippen LogP contribution in [0.15, 0.2) is 60.7 Å². The van der Waals surface area contributed by atoms with Crippen LogP contribution >= 0.6 is 0 Å². The number of nitrogens with one attached hydrogen (secondary N) is 1. The van der Waals surface area contributed by atoms with E-state index in [9.17, 15) is 9.59 Å². The van der Waals surface area contributed by atoms with E-state index in [0.29, 0.717) is 13.1 Å². The monoisotopic (exact) mass is 368 g/mol. The highest BCUT2D eigenvalue weighted by Gasteiger charge is 2.25. The summed E-state index contributed by atoms with van der Waals surface area (Å²) in [5, 5.41) is 2.64. The lowest BCUT2D eigenvalue weighted by molar-refractivity contribution is -0.134. The van der Waals surface area contributed by atoms with Crippen molar-refractivity contribution in [1.29, 1.82) is 0 Å². The van der Waals surface area contributed by atoms with Crippen LogP contribution in [-0.2, 0) is 22.6 Å². The molecular formula is C22H28N2O3. The van der Waals surface area contributed by atoms with E-state index in [1.165, 1.54) is 0 Å². The molecule has 0 saturated carbocycles. The van der Waals surface area contributed by atoms with Crippen LogP contribution in [0.2, 0.25) is 0 Å². The standard InChI is InChI=1S/C22H28N2O3/c1-17(23-21(26)27-22(2,3)4)20(25)24(15-18-11-7-5-8-12-18)16-19-13-9-6-10-14-19/h5-14,17H,15-16H2,1-4H3,(H,23,26)/t17-/m0/s1. The zero-order chi connectivity index (χ0) is 19.9. The third-order valence-electron chi connectivity index (χ3n) is 3.85. The Bertz CT molecular complexity index is 698. The summed E-state index contributed by atoms with van der Waals surface area (Å²) in [6.07, 6.45) is -0.595. The third-order valence-corrected chi connectivity index (χ3v) is 3.85. The summed E-state index contributed by atoms with van der Waals surface area (Å²) in [6.45, 7) is 7.97. The van der Waals surface area contributed by atoms with Gasteiger partial charge in [-0.05, 0) is 38.8 Å². The first-order valence-electron chi connectivity index (χ1n) is 9.11. The molecule has 0 aliphatic carbocycles. The average Bonchev–Trinajstić information content (AvgIpc) is 2.60. The molecule has 5 heteroatoms. The highest BCUT2D eigenvalue weighted by molar-refractivity contribution is 5.85. The fourth-order valence-corrected chi connectivity index (χ4v) is 2.64. The molecule has 2 aromatic carbocycles. The zero-order valence-electron chi connectivity index (χ0n) is 16.4. The van der Waals surface area contributed by atoms with Crippen molar-refractivity contribution in [3.05, 3.63) is 71.8 Å². The Balaban J connectivity index is 2.10. The fourth-order valence-electron chi connectivity index (χ4n) is 2.64. The lowest BCUT2D eigenvalue weighted by Gasteiger charge is -2.27. The van der Waals surface area contributed by atoms with E-state index in [0.717, 1.165) is 11.1 Å². The second-order valence-corrected chi connectivity index (χ2v) is 7.53. The predicted octanol–water partition coefficient (Wildman–Crippen LogP) is 4.13. The summed E-state index contributed by atoms with van der Waals surface area (Å²) in [4.78, 5) is 26.8. The Morgan fingerprint density at radius 3 is 1.78 bits per heavy atom. The predicted molar refractivity (Wildman–Crippen MR) is 106 cm³/mol. The highest BCUT2D eigenvalue weighted by atomic mass is 16.6. The summed E-state index contributed by atoms with van der Waals surface area (Å²) >= 11 is 0. The van der Waals surface area contributed by atoms with Crippen LogP contribution in [0.3, 0.4) is 0 Å². The van der Waals surface area contributed by atoms with Crippen LogP contribution in [0.1, 0.15) is 38.8 Å². The van der Waals surface area contributed by atoms with Crippen LogP contribution in [0.5, 0.6) is 0 Å². The third kappa shape index (κ3) is 7.13. The van der Waals surface area contributed by atoms with Gasteiger partial charge in [0.25, 0.3) is 0 Å². The summed E-state index contributed by atoms with van der Waals surface area (Å²) in [5.41, 5.74) is 1.46. The van der Waals surface area contributed by atoms with Gasteiger partial charge in [0.2, 0.25) is 5.91 Å². The van der Waals surface area contributed by atoms with E-state index in [2.05, 4.69) is 5.32 Å². The molecule has 2 rings (SSSR count). The minimum absolute atomic E-state index is 0.159. The summed E-state index contributed by atoms with van der Waals surface area (Å²) < 4.78 is 5.25. The van der Waals surface area contributed by atoms with Gasteiger partial charge in [-0.25, -0.2) is 4.79 Å². The summed E-state index contributed by atoms with van der Waals surface area (Å²) in [5.74, 6) is -0.159. The normalized spacial score (nSPS) is 12.1. The molecule has 0 spiro atoms. The molecule has 5 nitrogen and oxygen atoms in total. The molecule has 0 radical (unpaired) electrons. The number of hydrogen-bond acceptors (Lipinski definition) is 3. The first-order chi connectivity index (χ1) is 12.7. The molecule has 144 valence electrons. The maximum atomic E-state index is 13.0. The molecule has 0 fully saturated rings. The minimum Gasteiger partial charge on any atom is -0.444 e. The van der Waals surface area contributed by atoms with E-state index in [-0.39, 0.29) is 5.91 Å². The number of benzene rings is 2. The van der Waals surface area contributed by atoms with Crippen molar-refractivity contribution in [2.24, 2.45) is 0 Å². The van der Waals surface area contributed by atoms with E-state index >= 15 is 0 Å². The van der Waals surface area contributed by atoms with E-state index < -0.39 is 17.7 Å². The SMILES string of the molecule is C[C@H](NC(=O)OC(C)(C)C)C(=O)N(Cc1ccccc1)Cc1ccccc1. The largest absolute Gasteiger partial charge is 0.444 e. The maximum Gasteiger partial charge on any atom is 0.408 e. The molecule has 0 bridgehead atoms. The van der Waals surface area contributed by atoms with Crippen LogP contribution in [0.4, 0.5) is 4.79 Å². The van der Waals surface area contributed by atoms with Crippen molar-refractivity contribution in [2.45, 2.75) is 52.4 Å². The maximum absolute atomic E-state index is 13.0. The molecule has 27 heavy (non-hydrogen) atoms. The topological polar surface area (TPSA) is 58.6 Å². The lowest BCUT2D eigenvalue weighted by Crippen LogP contribution is -2.47. The number of carbonyl (C=O) groups is 2. The van der Waals surface area contributed by atoms with Crippen LogP contribution in [0.25, 0.3) is 0 Å². The molecule has 2 amide bonds. The van der Waals surface area contributed by atoms with Gasteiger partial charge >= 0.3 is 6.09 Å². The average molecular weight is 368 g/mol. The van der Waals surface area contributed by atoms with Crippen molar-refractivity contribution in [3.8, 4) is 0 Å². The van der Waals surface area contributed by atoms with Gasteiger partial charge in [0.1, 0.15) is 11.6 Å². The van der Waals surface area contributed by atoms with Gasteiger partial charge in [0, 0.05) is 13.1 Å². The van der Waals surface area contributed by atoms with Gasteiger partial charge in [-0.2, -0.15) is 0 Å². The number of amides is 2. The number of rotatable bonds is 6. The Kier molecular flexibility index (Phi) is 6.99. The fraction of sp³-hybridized carbons (Fsp3) is 0.364. The van der Waals surface area contributed by atoms with Crippen molar-refractivity contribution < 1.29 is 14.3 Å². The van der Waals surface area contributed by atoms with Crippen LogP contribution < -0.4 is 5.32 Å². The molecule has 1 N–H and O–H groups in total. The van der Waals surface area contributed by atoms with E-state index in [4.69, 9.17) is 4.74 Å². The van der Waals surface area contributed by atoms with Gasteiger partial charge in [-0.15, -0.1) is 0 Å². The summed E-state index contributed by atoms with van der Waals surface area (Å²) in [7, 11) is 0. The number of ether oxygens (including phenoxy) is 1. The first-order valence-corrected chi connectivity index (χ1v) is 9.11. The van der Waals surface area contributed by atoms with E-state index in [1.54, 1.807) is 32.6 Å². The quantitative estimate of drug-likeness (QED) is 0.834. The van der Waals surface area contributed by atoms with Gasteiger partial charge in [0.15, 0.2) is 0 Å². The minimum atomic E-state index is -0.688. The number of carbonyl (C=O) groups excluding carboxylic acids is 2. The van der Waals surface area contributed by atoms with Crippen molar-refractivity contribution in [3.63, 3.8) is 0 Å². The van der Waals surface area contributed by atoms with Gasteiger partial charge in [-0.1, -0.05) is 60.7 Å². The molecule has 0 aromatic heterocycles. The Labute approximate surface area is 161 Å². The second-order valence-electron chi connectivity index (χ2n) is 7.53. The molecule has 0 aliphatic heterocycles. The van der Waals surface area contributed by atoms with E-state index in [1.807, 2.05) is 60.7 Å². The highest BCUT2D eigenvalue weighted by Crippen LogP contribution is 2.12. The molecule has 0 heterocycles. The van der Waals surface area contributed by atoms with Crippen molar-refractivity contribution in [2.75, 3.05) is 0 Å². The van der Waals surface area contributed by atoms with Gasteiger partial charge in [-0.3, -0.25) is 4.79 Å². The second kappa shape index (κ2) is 9.21. The van der Waals surface area contributed by atoms with Crippen LogP contribution in [-0.4, -0.2) is 28.5 Å². The van der Waals surface area contributed by atoms with Gasteiger partial charge in [0.05, 0.1) is 0 Å². The smallest absolute Gasteiger partial charge is 0.408 e. The van der Waals surface area contributed by atoms with Gasteiger partial charge < -0.3 is 15.0 Å². The first kappa shape index (κ1) is 20.5. The molecule has 0 aliphatic rings. The Morgan fingerprint density at radius 1 is 0.926 bits per heavy atom. The number of alkyl carbamates (subject to hydrolysis) is 1. The number of hydrogen-bond donors (Lipinski definition) is 1. The van der Waals surface area contributed by atoms with Crippen molar-refractivity contribution in [1.82, 2.24) is 10.2 Å².